The van der Waals surface area contributed by atoms with Crippen LogP contribution in [0.5, 0.6) is 0 Å². The Bertz CT molecular complexity index is 650. The van der Waals surface area contributed by atoms with Gasteiger partial charge >= 0.3 is 0 Å². The molecule has 1 heterocycles. The average molecular weight is 335 g/mol. The summed E-state index contributed by atoms with van der Waals surface area (Å²) < 4.78 is 0. The number of likely N-dealkylation sites (tertiary alicyclic amines) is 1. The van der Waals surface area contributed by atoms with E-state index in [1.807, 2.05) is 0 Å². The van der Waals surface area contributed by atoms with E-state index in [4.69, 9.17) is 0 Å². The highest BCUT2D eigenvalue weighted by atomic mass is 15.1. The first-order chi connectivity index (χ1) is 12.2. The Kier molecular flexibility index (Phi) is 6.30. The fraction of sp³-hybridized carbons (Fsp3) is 0.391. The summed E-state index contributed by atoms with van der Waals surface area (Å²) in [7, 11) is 4.15. The van der Waals surface area contributed by atoms with Crippen molar-refractivity contribution >= 4 is 11.8 Å². The van der Waals surface area contributed by atoms with Gasteiger partial charge in [0.05, 0.1) is 0 Å². The summed E-state index contributed by atoms with van der Waals surface area (Å²) in [5.74, 6) is 0.848. The summed E-state index contributed by atoms with van der Waals surface area (Å²) in [6, 6.07) is 19.7. The molecule has 0 aliphatic carbocycles. The maximum Gasteiger partial charge on any atom is 0.0361 e. The van der Waals surface area contributed by atoms with E-state index in [1.54, 1.807) is 0 Å². The number of nitrogens with zero attached hydrogens (tertiary/aromatic N) is 2. The van der Waals surface area contributed by atoms with Gasteiger partial charge < -0.3 is 4.90 Å². The van der Waals surface area contributed by atoms with Crippen molar-refractivity contribution < 1.29 is 0 Å². The number of hydrogen-bond acceptors (Lipinski definition) is 2. The van der Waals surface area contributed by atoms with Gasteiger partial charge in [0, 0.05) is 26.3 Å². The monoisotopic (exact) mass is 334 g/mol. The Labute approximate surface area is 152 Å². The van der Waals surface area contributed by atoms with Crippen molar-refractivity contribution in [1.82, 2.24) is 4.90 Å². The van der Waals surface area contributed by atoms with E-state index in [9.17, 15) is 0 Å². The first-order valence-electron chi connectivity index (χ1n) is 9.41. The molecule has 2 nitrogen and oxygen atoms in total. The minimum atomic E-state index is 0.848. The molecule has 0 unspecified atom stereocenters. The van der Waals surface area contributed by atoms with Gasteiger partial charge in [0.1, 0.15) is 0 Å². The van der Waals surface area contributed by atoms with Gasteiger partial charge in [-0.25, -0.2) is 0 Å². The van der Waals surface area contributed by atoms with Crippen LogP contribution in [0.25, 0.3) is 6.08 Å². The standard InChI is InChI=1S/C23H30N2/c1-24(2)23-12-10-20(11-13-23)9-6-16-25-17-14-22(15-18-25)19-21-7-4-3-5-8-21/h3-13,22H,14-19H2,1-2H3. The summed E-state index contributed by atoms with van der Waals surface area (Å²) >= 11 is 0. The number of hydrogen-bond donors (Lipinski definition) is 0. The van der Waals surface area contributed by atoms with Crippen LogP contribution >= 0.6 is 0 Å². The van der Waals surface area contributed by atoms with Crippen LogP contribution in [0.15, 0.2) is 60.7 Å². The van der Waals surface area contributed by atoms with Crippen LogP contribution in [-0.2, 0) is 6.42 Å². The fourth-order valence-electron chi connectivity index (χ4n) is 3.54. The van der Waals surface area contributed by atoms with E-state index in [0.717, 1.165) is 12.5 Å². The third-order valence-corrected chi connectivity index (χ3v) is 5.16. The van der Waals surface area contributed by atoms with Crippen LogP contribution in [-0.4, -0.2) is 38.6 Å². The molecule has 0 aromatic heterocycles. The zero-order valence-corrected chi connectivity index (χ0v) is 15.6. The van der Waals surface area contributed by atoms with Crippen LogP contribution in [0.1, 0.15) is 24.0 Å². The largest absolute Gasteiger partial charge is 0.378 e. The summed E-state index contributed by atoms with van der Waals surface area (Å²) in [6.07, 6.45) is 8.43. The molecular formula is C23H30N2. The van der Waals surface area contributed by atoms with Gasteiger partial charge in [-0.2, -0.15) is 0 Å². The normalized spacial score (nSPS) is 16.4. The highest BCUT2D eigenvalue weighted by molar-refractivity contribution is 5.55. The van der Waals surface area contributed by atoms with Gasteiger partial charge in [0.15, 0.2) is 0 Å². The minimum Gasteiger partial charge on any atom is -0.378 e. The van der Waals surface area contributed by atoms with Gasteiger partial charge in [-0.3, -0.25) is 4.90 Å². The second-order valence-corrected chi connectivity index (χ2v) is 7.32. The molecule has 2 heteroatoms. The first kappa shape index (κ1) is 17.8. The van der Waals surface area contributed by atoms with Crippen molar-refractivity contribution in [2.75, 3.05) is 38.6 Å². The summed E-state index contributed by atoms with van der Waals surface area (Å²) in [6.45, 7) is 3.51. The van der Waals surface area contributed by atoms with Crippen LogP contribution in [0.2, 0.25) is 0 Å². The van der Waals surface area contributed by atoms with Gasteiger partial charge in [-0.15, -0.1) is 0 Å². The zero-order valence-electron chi connectivity index (χ0n) is 15.6. The van der Waals surface area contributed by atoms with Crippen molar-refractivity contribution in [1.29, 1.82) is 0 Å². The number of anilines is 1. The molecule has 0 N–H and O–H groups in total. The smallest absolute Gasteiger partial charge is 0.0361 e. The van der Waals surface area contributed by atoms with Crippen molar-refractivity contribution in [2.45, 2.75) is 19.3 Å². The lowest BCUT2D eigenvalue weighted by atomic mass is 9.90. The predicted molar refractivity (Wildman–Crippen MR) is 109 cm³/mol. The molecule has 0 atom stereocenters. The topological polar surface area (TPSA) is 6.48 Å². The van der Waals surface area contributed by atoms with Crippen molar-refractivity contribution in [2.24, 2.45) is 5.92 Å². The van der Waals surface area contributed by atoms with Crippen molar-refractivity contribution in [3.05, 3.63) is 71.8 Å². The molecule has 0 radical (unpaired) electrons. The number of benzene rings is 2. The third kappa shape index (κ3) is 5.47. The molecule has 3 rings (SSSR count). The van der Waals surface area contributed by atoms with Crippen molar-refractivity contribution in [3.63, 3.8) is 0 Å². The summed E-state index contributed by atoms with van der Waals surface area (Å²) in [5, 5.41) is 0. The molecule has 1 saturated heterocycles. The molecule has 1 aliphatic rings. The van der Waals surface area contributed by atoms with Crippen LogP contribution in [0.3, 0.4) is 0 Å². The molecule has 1 fully saturated rings. The quantitative estimate of drug-likeness (QED) is 0.754. The molecule has 0 saturated carbocycles. The zero-order chi connectivity index (χ0) is 17.5. The highest BCUT2D eigenvalue weighted by Gasteiger charge is 2.18. The van der Waals surface area contributed by atoms with Crippen LogP contribution in [0, 0.1) is 5.92 Å². The van der Waals surface area contributed by atoms with Crippen molar-refractivity contribution in [3.8, 4) is 0 Å². The maximum atomic E-state index is 2.58. The predicted octanol–water partition coefficient (Wildman–Crippen LogP) is 4.72. The van der Waals surface area contributed by atoms with Gasteiger partial charge in [0.2, 0.25) is 0 Å². The Morgan fingerprint density at radius 3 is 2.28 bits per heavy atom. The van der Waals surface area contributed by atoms with E-state index in [-0.39, 0.29) is 0 Å². The summed E-state index contributed by atoms with van der Waals surface area (Å²) in [4.78, 5) is 4.71. The molecular weight excluding hydrogens is 304 g/mol. The van der Waals surface area contributed by atoms with Gasteiger partial charge in [-0.05, 0) is 61.5 Å². The van der Waals surface area contributed by atoms with Gasteiger partial charge in [-0.1, -0.05) is 54.6 Å². The van der Waals surface area contributed by atoms with Crippen LogP contribution < -0.4 is 4.90 Å². The molecule has 25 heavy (non-hydrogen) atoms. The van der Waals surface area contributed by atoms with Crippen LogP contribution in [0.4, 0.5) is 5.69 Å². The Hall–Kier alpha value is -2.06. The first-order valence-corrected chi connectivity index (χ1v) is 9.41. The average Bonchev–Trinajstić information content (AvgIpc) is 2.64. The Morgan fingerprint density at radius 2 is 1.64 bits per heavy atom. The van der Waals surface area contributed by atoms with E-state index in [1.165, 1.54) is 49.2 Å². The molecule has 2 aromatic rings. The number of piperidine rings is 1. The molecule has 132 valence electrons. The fourth-order valence-corrected chi connectivity index (χ4v) is 3.54. The lowest BCUT2D eigenvalue weighted by Crippen LogP contribution is -2.34. The molecule has 2 aromatic carbocycles. The second-order valence-electron chi connectivity index (χ2n) is 7.32. The van der Waals surface area contributed by atoms with E-state index in [2.05, 4.69) is 90.6 Å². The lowest BCUT2D eigenvalue weighted by molar-refractivity contribution is 0.200. The lowest BCUT2D eigenvalue weighted by Gasteiger charge is -2.31. The number of rotatable bonds is 6. The molecule has 1 aliphatic heterocycles. The molecule has 0 spiro atoms. The van der Waals surface area contributed by atoms with E-state index in [0.29, 0.717) is 0 Å². The Balaban J connectivity index is 1.41. The Morgan fingerprint density at radius 1 is 0.960 bits per heavy atom. The van der Waals surface area contributed by atoms with E-state index < -0.39 is 0 Å². The van der Waals surface area contributed by atoms with E-state index >= 15 is 0 Å². The SMILES string of the molecule is CN(C)c1ccc(C=CCN2CCC(Cc3ccccc3)CC2)cc1. The molecule has 0 amide bonds. The minimum absolute atomic E-state index is 0.848. The second kappa shape index (κ2) is 8.87. The third-order valence-electron chi connectivity index (χ3n) is 5.16. The summed E-state index contributed by atoms with van der Waals surface area (Å²) in [5.41, 5.74) is 4.02. The highest BCUT2D eigenvalue weighted by Crippen LogP contribution is 2.21. The van der Waals surface area contributed by atoms with Gasteiger partial charge in [0.25, 0.3) is 0 Å². The molecule has 0 bridgehead atoms. The maximum absolute atomic E-state index is 2.58.